The minimum atomic E-state index is -0.116. The van der Waals surface area contributed by atoms with Crippen LogP contribution in [0.1, 0.15) is 28.7 Å². The number of nitrogens with one attached hydrogen (secondary N) is 1. The van der Waals surface area contributed by atoms with Gasteiger partial charge < -0.3 is 15.6 Å². The zero-order chi connectivity index (χ0) is 14.4. The Bertz CT molecular complexity index is 578. The minimum absolute atomic E-state index is 0.116. The van der Waals surface area contributed by atoms with Crippen molar-refractivity contribution in [2.75, 3.05) is 6.54 Å². The van der Waals surface area contributed by atoms with Crippen molar-refractivity contribution < 1.29 is 4.79 Å². The largest absolute Gasteiger partial charge is 0.345 e. The van der Waals surface area contributed by atoms with E-state index in [9.17, 15) is 4.79 Å². The fraction of sp³-hybridized carbons (Fsp3) is 0.357. The van der Waals surface area contributed by atoms with Crippen LogP contribution in [0.5, 0.6) is 0 Å². The Hall–Kier alpha value is -2.21. The number of benzene rings is 1. The Labute approximate surface area is 118 Å². The fourth-order valence-corrected chi connectivity index (χ4v) is 1.98. The van der Waals surface area contributed by atoms with Crippen LogP contribution in [-0.4, -0.2) is 27.2 Å². The molecule has 6 heteroatoms. The van der Waals surface area contributed by atoms with E-state index in [1.807, 2.05) is 29.7 Å². The average molecular weight is 273 g/mol. The van der Waals surface area contributed by atoms with E-state index >= 15 is 0 Å². The molecule has 1 heterocycles. The minimum Gasteiger partial charge on any atom is -0.345 e. The van der Waals surface area contributed by atoms with Gasteiger partial charge in [-0.3, -0.25) is 4.79 Å². The van der Waals surface area contributed by atoms with Gasteiger partial charge in [0, 0.05) is 12.1 Å². The van der Waals surface area contributed by atoms with Crippen molar-refractivity contribution in [3.05, 3.63) is 47.5 Å². The van der Waals surface area contributed by atoms with E-state index in [4.69, 9.17) is 5.73 Å². The predicted molar refractivity (Wildman–Crippen MR) is 76.1 cm³/mol. The summed E-state index contributed by atoms with van der Waals surface area (Å²) >= 11 is 0. The van der Waals surface area contributed by atoms with Gasteiger partial charge in [0.2, 0.25) is 0 Å². The van der Waals surface area contributed by atoms with Crippen molar-refractivity contribution in [2.45, 2.75) is 26.4 Å². The van der Waals surface area contributed by atoms with Crippen LogP contribution in [0.3, 0.4) is 0 Å². The third-order valence-corrected chi connectivity index (χ3v) is 3.07. The third-order valence-electron chi connectivity index (χ3n) is 3.07. The maximum atomic E-state index is 12.1. The molecule has 0 aliphatic heterocycles. The van der Waals surface area contributed by atoms with E-state index in [0.717, 1.165) is 24.4 Å². The summed E-state index contributed by atoms with van der Waals surface area (Å²) in [4.78, 5) is 12.1. The first-order valence-electron chi connectivity index (χ1n) is 6.68. The number of rotatable bonds is 6. The van der Waals surface area contributed by atoms with Crippen molar-refractivity contribution in [2.24, 2.45) is 5.73 Å². The van der Waals surface area contributed by atoms with Crippen molar-refractivity contribution in [1.29, 1.82) is 0 Å². The maximum Gasteiger partial charge on any atom is 0.251 e. The van der Waals surface area contributed by atoms with Gasteiger partial charge in [-0.1, -0.05) is 12.1 Å². The van der Waals surface area contributed by atoms with Crippen LogP contribution in [-0.2, 0) is 19.5 Å². The molecule has 0 saturated carbocycles. The lowest BCUT2D eigenvalue weighted by Gasteiger charge is -2.07. The van der Waals surface area contributed by atoms with Crippen molar-refractivity contribution in [1.82, 2.24) is 20.1 Å². The van der Waals surface area contributed by atoms with Gasteiger partial charge in [0.25, 0.3) is 5.91 Å². The number of amides is 1. The molecule has 6 nitrogen and oxygen atoms in total. The molecular formula is C14H19N5O. The molecule has 0 aliphatic rings. The van der Waals surface area contributed by atoms with E-state index in [1.165, 1.54) is 0 Å². The van der Waals surface area contributed by atoms with Gasteiger partial charge in [-0.05, 0) is 37.6 Å². The number of carbonyl (C=O) groups excluding carboxylic acids is 1. The van der Waals surface area contributed by atoms with Crippen LogP contribution in [0.25, 0.3) is 0 Å². The van der Waals surface area contributed by atoms with Crippen molar-refractivity contribution in [3.8, 4) is 0 Å². The van der Waals surface area contributed by atoms with E-state index in [-0.39, 0.29) is 5.91 Å². The highest BCUT2D eigenvalue weighted by atomic mass is 16.1. The fourth-order valence-electron chi connectivity index (χ4n) is 1.98. The molecule has 0 radical (unpaired) electrons. The standard InChI is InChI=1S/C14H19N5O/c1-2-19-10-17-18-13(19)9-16-14(20)12-5-3-4-11(8-12)6-7-15/h3-5,8,10H,2,6-7,9,15H2,1H3,(H,16,20). The van der Waals surface area contributed by atoms with Gasteiger partial charge in [-0.2, -0.15) is 0 Å². The monoisotopic (exact) mass is 273 g/mol. The highest BCUT2D eigenvalue weighted by molar-refractivity contribution is 5.94. The first-order chi connectivity index (χ1) is 9.74. The second kappa shape index (κ2) is 6.81. The second-order valence-corrected chi connectivity index (χ2v) is 4.45. The molecule has 2 rings (SSSR count). The molecule has 1 amide bonds. The number of aromatic nitrogens is 3. The lowest BCUT2D eigenvalue weighted by molar-refractivity contribution is 0.0949. The topological polar surface area (TPSA) is 85.8 Å². The molecule has 1 aromatic carbocycles. The average Bonchev–Trinajstić information content (AvgIpc) is 2.93. The summed E-state index contributed by atoms with van der Waals surface area (Å²) < 4.78 is 1.89. The summed E-state index contributed by atoms with van der Waals surface area (Å²) in [5.41, 5.74) is 7.23. The molecule has 3 N–H and O–H groups in total. The number of hydrogen-bond acceptors (Lipinski definition) is 4. The van der Waals surface area contributed by atoms with Crippen molar-refractivity contribution >= 4 is 5.91 Å². The first kappa shape index (κ1) is 14.2. The number of nitrogens with zero attached hydrogens (tertiary/aromatic N) is 3. The molecule has 20 heavy (non-hydrogen) atoms. The van der Waals surface area contributed by atoms with E-state index in [1.54, 1.807) is 12.4 Å². The van der Waals surface area contributed by atoms with Gasteiger partial charge >= 0.3 is 0 Å². The summed E-state index contributed by atoms with van der Waals surface area (Å²) in [5, 5.41) is 10.7. The summed E-state index contributed by atoms with van der Waals surface area (Å²) in [6.07, 6.45) is 2.43. The molecule has 0 saturated heterocycles. The number of hydrogen-bond donors (Lipinski definition) is 2. The third kappa shape index (κ3) is 3.42. The van der Waals surface area contributed by atoms with Gasteiger partial charge in [-0.25, -0.2) is 0 Å². The van der Waals surface area contributed by atoms with E-state index in [2.05, 4.69) is 15.5 Å². The molecule has 0 atom stereocenters. The maximum absolute atomic E-state index is 12.1. The molecule has 0 bridgehead atoms. The molecule has 1 aromatic heterocycles. The molecule has 106 valence electrons. The van der Waals surface area contributed by atoms with Crippen LogP contribution in [0.15, 0.2) is 30.6 Å². The lowest BCUT2D eigenvalue weighted by atomic mass is 10.1. The Morgan fingerprint density at radius 2 is 2.30 bits per heavy atom. The Kier molecular flexibility index (Phi) is 4.84. The van der Waals surface area contributed by atoms with E-state index in [0.29, 0.717) is 18.7 Å². The van der Waals surface area contributed by atoms with Gasteiger partial charge in [0.1, 0.15) is 6.33 Å². The Morgan fingerprint density at radius 3 is 3.05 bits per heavy atom. The highest BCUT2D eigenvalue weighted by Crippen LogP contribution is 2.06. The zero-order valence-corrected chi connectivity index (χ0v) is 11.5. The lowest BCUT2D eigenvalue weighted by Crippen LogP contribution is -2.24. The molecule has 0 unspecified atom stereocenters. The van der Waals surface area contributed by atoms with Crippen LogP contribution in [0.4, 0.5) is 0 Å². The zero-order valence-electron chi connectivity index (χ0n) is 11.5. The SMILES string of the molecule is CCn1cnnc1CNC(=O)c1cccc(CCN)c1. The summed E-state index contributed by atoms with van der Waals surface area (Å²) in [6.45, 7) is 3.73. The Balaban J connectivity index is 1.99. The Morgan fingerprint density at radius 1 is 1.45 bits per heavy atom. The van der Waals surface area contributed by atoms with Gasteiger partial charge in [0.15, 0.2) is 5.82 Å². The number of nitrogens with two attached hydrogens (primary N) is 1. The van der Waals surface area contributed by atoms with Crippen LogP contribution in [0, 0.1) is 0 Å². The first-order valence-corrected chi connectivity index (χ1v) is 6.68. The summed E-state index contributed by atoms with van der Waals surface area (Å²) in [5.74, 6) is 0.633. The van der Waals surface area contributed by atoms with Gasteiger partial charge in [0.05, 0.1) is 6.54 Å². The summed E-state index contributed by atoms with van der Waals surface area (Å²) in [6, 6.07) is 7.50. The molecule has 2 aromatic rings. The second-order valence-electron chi connectivity index (χ2n) is 4.45. The van der Waals surface area contributed by atoms with Crippen LogP contribution in [0.2, 0.25) is 0 Å². The molecule has 0 fully saturated rings. The van der Waals surface area contributed by atoms with Crippen LogP contribution >= 0.6 is 0 Å². The van der Waals surface area contributed by atoms with Crippen molar-refractivity contribution in [3.63, 3.8) is 0 Å². The number of aryl methyl sites for hydroxylation is 1. The van der Waals surface area contributed by atoms with Crippen LogP contribution < -0.4 is 11.1 Å². The molecule has 0 aliphatic carbocycles. The quantitative estimate of drug-likeness (QED) is 0.812. The van der Waals surface area contributed by atoms with E-state index < -0.39 is 0 Å². The normalized spacial score (nSPS) is 10.5. The molecular weight excluding hydrogens is 254 g/mol. The number of carbonyl (C=O) groups is 1. The smallest absolute Gasteiger partial charge is 0.251 e. The summed E-state index contributed by atoms with van der Waals surface area (Å²) in [7, 11) is 0. The molecule has 0 spiro atoms. The van der Waals surface area contributed by atoms with Gasteiger partial charge in [-0.15, -0.1) is 10.2 Å². The predicted octanol–water partition coefficient (Wildman–Crippen LogP) is 0.729. The highest BCUT2D eigenvalue weighted by Gasteiger charge is 2.08.